The number of morpholine rings is 1. The summed E-state index contributed by atoms with van der Waals surface area (Å²) in [5.74, 6) is 0.0925. The Balaban J connectivity index is 1.68. The van der Waals surface area contributed by atoms with Crippen LogP contribution in [0.2, 0.25) is 0 Å². The van der Waals surface area contributed by atoms with Crippen molar-refractivity contribution < 1.29 is 9.53 Å². The Morgan fingerprint density at radius 3 is 2.84 bits per heavy atom. The van der Waals surface area contributed by atoms with E-state index in [1.807, 2.05) is 17.9 Å². The van der Waals surface area contributed by atoms with E-state index in [1.165, 1.54) is 0 Å². The Labute approximate surface area is 147 Å². The zero-order valence-electron chi connectivity index (χ0n) is 15.0. The van der Waals surface area contributed by atoms with Crippen molar-refractivity contribution in [2.24, 2.45) is 0 Å². The number of pyridine rings is 1. The van der Waals surface area contributed by atoms with Crippen LogP contribution in [-0.4, -0.2) is 66.1 Å². The molecule has 3 heterocycles. The molecule has 0 bridgehead atoms. The van der Waals surface area contributed by atoms with Gasteiger partial charge >= 0.3 is 0 Å². The van der Waals surface area contributed by atoms with E-state index in [-0.39, 0.29) is 29.2 Å². The van der Waals surface area contributed by atoms with Crippen molar-refractivity contribution in [1.82, 2.24) is 14.8 Å². The van der Waals surface area contributed by atoms with Crippen LogP contribution in [0.25, 0.3) is 0 Å². The average molecular weight is 344 g/mol. The van der Waals surface area contributed by atoms with Crippen LogP contribution in [0.4, 0.5) is 0 Å². The van der Waals surface area contributed by atoms with Crippen LogP contribution in [0.1, 0.15) is 28.8 Å². The minimum Gasteiger partial charge on any atom is -0.373 e. The van der Waals surface area contributed by atoms with Gasteiger partial charge in [-0.3, -0.25) is 14.5 Å². The fourth-order valence-electron chi connectivity index (χ4n) is 3.87. The van der Waals surface area contributed by atoms with Crippen LogP contribution >= 0.6 is 0 Å². The van der Waals surface area contributed by atoms with E-state index in [0.29, 0.717) is 38.1 Å². The van der Waals surface area contributed by atoms with Gasteiger partial charge in [0.05, 0.1) is 18.8 Å². The molecule has 25 heavy (non-hydrogen) atoms. The van der Waals surface area contributed by atoms with Crippen molar-refractivity contribution in [2.75, 3.05) is 33.3 Å². The molecule has 2 fully saturated rings. The molecule has 2 atom stereocenters. The van der Waals surface area contributed by atoms with Crippen molar-refractivity contribution in [2.45, 2.75) is 38.8 Å². The normalized spacial score (nSPS) is 23.4. The highest BCUT2D eigenvalue weighted by molar-refractivity contribution is 5.77. The number of aromatic amines is 1. The van der Waals surface area contributed by atoms with Crippen molar-refractivity contribution in [3.05, 3.63) is 32.7 Å². The number of nitrogens with one attached hydrogen (secondary N) is 1. The Hall–Kier alpha value is -2.17. The number of hydrogen-bond donors (Lipinski definition) is 1. The zero-order chi connectivity index (χ0) is 18.1. The second-order valence-electron chi connectivity index (χ2n) is 6.93. The molecule has 2 saturated heterocycles. The van der Waals surface area contributed by atoms with Crippen molar-refractivity contribution >= 4 is 5.91 Å². The molecule has 3 rings (SSSR count). The number of nitrogens with zero attached hydrogens (tertiary/aromatic N) is 3. The maximum atomic E-state index is 12.6. The minimum absolute atomic E-state index is 0.0925. The van der Waals surface area contributed by atoms with Crippen molar-refractivity contribution in [3.8, 4) is 6.07 Å². The lowest BCUT2D eigenvalue weighted by atomic mass is 9.99. The second-order valence-corrected chi connectivity index (χ2v) is 6.93. The number of carbonyl (C=O) groups is 1. The van der Waals surface area contributed by atoms with Gasteiger partial charge in [0.1, 0.15) is 11.6 Å². The van der Waals surface area contributed by atoms with Gasteiger partial charge in [-0.05, 0) is 38.4 Å². The van der Waals surface area contributed by atoms with Crippen LogP contribution in [0, 0.1) is 25.2 Å². The molecular formula is C18H24N4O3. The summed E-state index contributed by atoms with van der Waals surface area (Å²) < 4.78 is 5.79. The number of H-pyrrole nitrogens is 1. The molecule has 0 unspecified atom stereocenters. The van der Waals surface area contributed by atoms with Crippen LogP contribution in [0.15, 0.2) is 4.79 Å². The number of likely N-dealkylation sites (tertiary alicyclic amines) is 1. The Morgan fingerprint density at radius 2 is 2.16 bits per heavy atom. The highest BCUT2D eigenvalue weighted by Gasteiger charge is 2.40. The predicted octanol–water partition coefficient (Wildman–Crippen LogP) is 0.337. The molecule has 7 heteroatoms. The molecule has 0 radical (unpaired) electrons. The first kappa shape index (κ1) is 17.6. The molecule has 2 aliphatic rings. The molecule has 0 spiro atoms. The number of rotatable bonds is 3. The maximum absolute atomic E-state index is 12.6. The summed E-state index contributed by atoms with van der Waals surface area (Å²) in [6.07, 6.45) is 0.983. The molecule has 2 aliphatic heterocycles. The summed E-state index contributed by atoms with van der Waals surface area (Å²) in [7, 11) is 2.07. The molecule has 1 N–H and O–H groups in total. The topological polar surface area (TPSA) is 89.4 Å². The molecule has 1 aromatic heterocycles. The first-order valence-corrected chi connectivity index (χ1v) is 8.64. The zero-order valence-corrected chi connectivity index (χ0v) is 15.0. The van der Waals surface area contributed by atoms with Gasteiger partial charge in [-0.2, -0.15) is 5.26 Å². The van der Waals surface area contributed by atoms with Gasteiger partial charge < -0.3 is 14.6 Å². The van der Waals surface area contributed by atoms with Crippen molar-refractivity contribution in [1.29, 1.82) is 5.26 Å². The largest absolute Gasteiger partial charge is 0.373 e. The third-order valence-corrected chi connectivity index (χ3v) is 5.44. The smallest absolute Gasteiger partial charge is 0.266 e. The van der Waals surface area contributed by atoms with Gasteiger partial charge in [0.15, 0.2) is 0 Å². The fourth-order valence-corrected chi connectivity index (χ4v) is 3.87. The molecule has 0 aliphatic carbocycles. The van der Waals surface area contributed by atoms with Gasteiger partial charge in [-0.1, -0.05) is 0 Å². The predicted molar refractivity (Wildman–Crippen MR) is 92.3 cm³/mol. The number of aryl methyl sites for hydroxylation is 1. The summed E-state index contributed by atoms with van der Waals surface area (Å²) in [6.45, 7) is 6.53. The van der Waals surface area contributed by atoms with E-state index in [4.69, 9.17) is 10.00 Å². The van der Waals surface area contributed by atoms with Gasteiger partial charge in [0, 0.05) is 31.7 Å². The molecule has 1 amide bonds. The molecular weight excluding hydrogens is 320 g/mol. The van der Waals surface area contributed by atoms with E-state index in [1.54, 1.807) is 6.92 Å². The number of nitriles is 1. The van der Waals surface area contributed by atoms with Gasteiger partial charge in [-0.25, -0.2) is 0 Å². The number of fused-ring (bicyclic) bond motifs is 1. The Bertz CT molecular complexity index is 780. The number of ether oxygens (including phenoxy) is 1. The number of hydrogen-bond acceptors (Lipinski definition) is 5. The number of carbonyl (C=O) groups excluding carboxylic acids is 1. The molecule has 0 saturated carbocycles. The Kier molecular flexibility index (Phi) is 4.93. The van der Waals surface area contributed by atoms with Gasteiger partial charge in [0.2, 0.25) is 5.91 Å². The van der Waals surface area contributed by atoms with E-state index in [9.17, 15) is 9.59 Å². The first-order chi connectivity index (χ1) is 11.9. The summed E-state index contributed by atoms with van der Waals surface area (Å²) in [5, 5.41) is 9.14. The van der Waals surface area contributed by atoms with Crippen LogP contribution < -0.4 is 5.56 Å². The van der Waals surface area contributed by atoms with Gasteiger partial charge in [-0.15, -0.1) is 0 Å². The van der Waals surface area contributed by atoms with Gasteiger partial charge in [0.25, 0.3) is 5.56 Å². The summed E-state index contributed by atoms with van der Waals surface area (Å²) in [6, 6.07) is 2.23. The van der Waals surface area contributed by atoms with E-state index >= 15 is 0 Å². The van der Waals surface area contributed by atoms with Crippen LogP contribution in [-0.2, 0) is 16.0 Å². The minimum atomic E-state index is -0.364. The summed E-state index contributed by atoms with van der Waals surface area (Å²) in [5.41, 5.74) is 2.06. The maximum Gasteiger partial charge on any atom is 0.266 e. The standard InChI is InChI=1S/C18H24N4O3/c1-11-13(12(2)20-18(24)14(11)8-19)4-5-17(23)22-9-15-16(10-22)25-7-6-21(15)3/h15-16H,4-7,9-10H2,1-3H3,(H,20,24)/t15-,16+/m0/s1. The summed E-state index contributed by atoms with van der Waals surface area (Å²) in [4.78, 5) is 31.3. The number of likely N-dealkylation sites (N-methyl/N-ethyl adjacent to an activating group) is 1. The highest BCUT2D eigenvalue weighted by Crippen LogP contribution is 2.23. The van der Waals surface area contributed by atoms with Crippen LogP contribution in [0.3, 0.4) is 0 Å². The SMILES string of the molecule is Cc1[nH]c(=O)c(C#N)c(C)c1CCC(=O)N1C[C@H]2OCCN(C)[C@H]2C1. The van der Waals surface area contributed by atoms with E-state index in [0.717, 1.165) is 17.8 Å². The molecule has 0 aromatic carbocycles. The average Bonchev–Trinajstić information content (AvgIpc) is 3.00. The monoisotopic (exact) mass is 344 g/mol. The lowest BCUT2D eigenvalue weighted by molar-refractivity contribution is -0.130. The lowest BCUT2D eigenvalue weighted by Gasteiger charge is -2.33. The van der Waals surface area contributed by atoms with E-state index in [2.05, 4.69) is 16.9 Å². The third kappa shape index (κ3) is 3.32. The second kappa shape index (κ2) is 6.98. The number of amides is 1. The number of aromatic nitrogens is 1. The highest BCUT2D eigenvalue weighted by atomic mass is 16.5. The fraction of sp³-hybridized carbons (Fsp3) is 0.611. The molecule has 1 aromatic rings. The Morgan fingerprint density at radius 1 is 1.40 bits per heavy atom. The molecule has 134 valence electrons. The third-order valence-electron chi connectivity index (χ3n) is 5.44. The van der Waals surface area contributed by atoms with Crippen molar-refractivity contribution in [3.63, 3.8) is 0 Å². The van der Waals surface area contributed by atoms with Crippen LogP contribution in [0.5, 0.6) is 0 Å². The quantitative estimate of drug-likeness (QED) is 0.854. The summed E-state index contributed by atoms with van der Waals surface area (Å²) >= 11 is 0. The van der Waals surface area contributed by atoms with E-state index < -0.39 is 0 Å². The first-order valence-electron chi connectivity index (χ1n) is 8.64. The molecule has 7 nitrogen and oxygen atoms in total. The lowest BCUT2D eigenvalue weighted by Crippen LogP contribution is -2.48.